The second kappa shape index (κ2) is 5.12. The second-order valence-corrected chi connectivity index (χ2v) is 5.19. The van der Waals surface area contributed by atoms with Crippen molar-refractivity contribution in [2.24, 2.45) is 0 Å². The number of aromatic nitrogens is 2. The van der Waals surface area contributed by atoms with E-state index in [1.165, 1.54) is 12.0 Å². The summed E-state index contributed by atoms with van der Waals surface area (Å²) in [5, 5.41) is 0.891. The van der Waals surface area contributed by atoms with Crippen LogP contribution in [0.5, 0.6) is 0 Å². The number of H-pyrrole nitrogens is 1. The molecule has 1 aromatic carbocycles. The van der Waals surface area contributed by atoms with Crippen molar-refractivity contribution in [3.8, 4) is 0 Å². The van der Waals surface area contributed by atoms with Crippen LogP contribution in [0, 0.1) is 0 Å². The Morgan fingerprint density at radius 2 is 2.28 bits per heavy atom. The van der Waals surface area contributed by atoms with Gasteiger partial charge in [-0.2, -0.15) is 0 Å². The van der Waals surface area contributed by atoms with Crippen molar-refractivity contribution in [2.75, 3.05) is 13.1 Å². The van der Waals surface area contributed by atoms with E-state index in [9.17, 15) is 0 Å². The Bertz CT molecular complexity index is 510. The lowest BCUT2D eigenvalue weighted by molar-refractivity contribution is 0.319. The quantitative estimate of drug-likeness (QED) is 0.921. The van der Waals surface area contributed by atoms with Crippen molar-refractivity contribution >= 4 is 11.6 Å². The fraction of sp³-hybridized carbons (Fsp3) is 0.357. The molecule has 0 radical (unpaired) electrons. The van der Waals surface area contributed by atoms with Crippen LogP contribution >= 0.6 is 11.6 Å². The number of nitrogens with zero attached hydrogens (tertiary/aromatic N) is 2. The smallest absolute Gasteiger partial charge is 0.120 e. The molecule has 18 heavy (non-hydrogen) atoms. The molecule has 1 aromatic heterocycles. The lowest BCUT2D eigenvalue weighted by Crippen LogP contribution is -2.20. The zero-order valence-electron chi connectivity index (χ0n) is 10.1. The molecule has 4 heteroatoms. The normalized spacial score (nSPS) is 20.4. The van der Waals surface area contributed by atoms with Gasteiger partial charge in [0.25, 0.3) is 0 Å². The minimum Gasteiger partial charge on any atom is -0.348 e. The average Bonchev–Trinajstić information content (AvgIpc) is 3.02. The summed E-state index contributed by atoms with van der Waals surface area (Å²) in [6.07, 6.45) is 4.85. The van der Waals surface area contributed by atoms with E-state index in [2.05, 4.69) is 27.0 Å². The van der Waals surface area contributed by atoms with E-state index in [0.717, 1.165) is 30.5 Å². The molecule has 2 heterocycles. The number of benzene rings is 1. The Balaban J connectivity index is 1.67. The number of imidazole rings is 1. The molecule has 1 fully saturated rings. The highest BCUT2D eigenvalue weighted by atomic mass is 35.5. The fourth-order valence-corrected chi connectivity index (χ4v) is 2.92. The van der Waals surface area contributed by atoms with Crippen LogP contribution < -0.4 is 0 Å². The van der Waals surface area contributed by atoms with E-state index in [0.29, 0.717) is 5.92 Å². The Labute approximate surface area is 112 Å². The van der Waals surface area contributed by atoms with Crippen molar-refractivity contribution in [3.63, 3.8) is 0 Å². The molecule has 3 rings (SSSR count). The van der Waals surface area contributed by atoms with Gasteiger partial charge in [0.2, 0.25) is 0 Å². The predicted molar refractivity (Wildman–Crippen MR) is 72.7 cm³/mol. The van der Waals surface area contributed by atoms with Gasteiger partial charge in [-0.05, 0) is 30.5 Å². The van der Waals surface area contributed by atoms with Gasteiger partial charge in [-0.25, -0.2) is 4.98 Å². The van der Waals surface area contributed by atoms with E-state index in [-0.39, 0.29) is 0 Å². The fourth-order valence-electron chi connectivity index (χ4n) is 2.63. The van der Waals surface area contributed by atoms with Gasteiger partial charge in [-0.3, -0.25) is 4.90 Å². The lowest BCUT2D eigenvalue weighted by Gasteiger charge is -2.15. The molecule has 0 bridgehead atoms. The summed E-state index contributed by atoms with van der Waals surface area (Å²) in [5.41, 5.74) is 1.28. The monoisotopic (exact) mass is 261 g/mol. The highest BCUT2D eigenvalue weighted by molar-refractivity contribution is 6.31. The summed E-state index contributed by atoms with van der Waals surface area (Å²) in [4.78, 5) is 9.85. The third-order valence-corrected chi connectivity index (χ3v) is 3.89. The van der Waals surface area contributed by atoms with Crippen molar-refractivity contribution in [3.05, 3.63) is 53.1 Å². The number of hydrogen-bond acceptors (Lipinski definition) is 2. The third-order valence-electron chi connectivity index (χ3n) is 3.55. The van der Waals surface area contributed by atoms with E-state index in [1.807, 2.05) is 18.3 Å². The molecule has 1 aliphatic rings. The molecule has 1 N–H and O–H groups in total. The average molecular weight is 262 g/mol. The van der Waals surface area contributed by atoms with Crippen LogP contribution in [0.2, 0.25) is 5.02 Å². The van der Waals surface area contributed by atoms with Crippen LogP contribution in [0.15, 0.2) is 36.7 Å². The first-order chi connectivity index (χ1) is 8.83. The molecule has 3 nitrogen and oxygen atoms in total. The number of likely N-dealkylation sites (tertiary alicyclic amines) is 1. The highest BCUT2D eigenvalue weighted by Gasteiger charge is 2.25. The van der Waals surface area contributed by atoms with Crippen molar-refractivity contribution in [1.29, 1.82) is 0 Å². The van der Waals surface area contributed by atoms with Crippen molar-refractivity contribution < 1.29 is 0 Å². The molecule has 1 atom stereocenters. The SMILES string of the molecule is Clc1ccccc1C1CCN(Cc2ncc[nH]2)C1. The molecular formula is C14H16ClN3. The maximum absolute atomic E-state index is 6.26. The molecule has 1 unspecified atom stereocenters. The van der Waals surface area contributed by atoms with Crippen LogP contribution in [0.1, 0.15) is 23.7 Å². The number of hydrogen-bond donors (Lipinski definition) is 1. The third kappa shape index (κ3) is 2.42. The Morgan fingerprint density at radius 1 is 1.39 bits per heavy atom. The van der Waals surface area contributed by atoms with Gasteiger partial charge >= 0.3 is 0 Å². The highest BCUT2D eigenvalue weighted by Crippen LogP contribution is 2.32. The first-order valence-corrected chi connectivity index (χ1v) is 6.66. The Hall–Kier alpha value is -1.32. The zero-order chi connectivity index (χ0) is 12.4. The largest absolute Gasteiger partial charge is 0.348 e. The first-order valence-electron chi connectivity index (χ1n) is 6.28. The van der Waals surface area contributed by atoms with E-state index in [4.69, 9.17) is 11.6 Å². The van der Waals surface area contributed by atoms with Crippen LogP contribution in [0.3, 0.4) is 0 Å². The molecule has 94 valence electrons. The van der Waals surface area contributed by atoms with E-state index < -0.39 is 0 Å². The minimum atomic E-state index is 0.550. The molecular weight excluding hydrogens is 246 g/mol. The number of nitrogens with one attached hydrogen (secondary N) is 1. The standard InChI is InChI=1S/C14H16ClN3/c15-13-4-2-1-3-12(13)11-5-8-18(9-11)10-14-16-6-7-17-14/h1-4,6-7,11H,5,8-10H2,(H,16,17). The Morgan fingerprint density at radius 3 is 3.06 bits per heavy atom. The van der Waals surface area contributed by atoms with Gasteiger partial charge in [0, 0.05) is 24.0 Å². The van der Waals surface area contributed by atoms with Gasteiger partial charge in [-0.1, -0.05) is 29.8 Å². The maximum atomic E-state index is 6.26. The van der Waals surface area contributed by atoms with Crippen LogP contribution in [0.4, 0.5) is 0 Å². The van der Waals surface area contributed by atoms with Crippen LogP contribution in [-0.4, -0.2) is 28.0 Å². The van der Waals surface area contributed by atoms with Crippen molar-refractivity contribution in [1.82, 2.24) is 14.9 Å². The predicted octanol–water partition coefficient (Wildman–Crippen LogP) is 3.05. The van der Waals surface area contributed by atoms with Gasteiger partial charge in [0.1, 0.15) is 5.82 Å². The van der Waals surface area contributed by atoms with Crippen LogP contribution in [-0.2, 0) is 6.54 Å². The topological polar surface area (TPSA) is 31.9 Å². The number of rotatable bonds is 3. The van der Waals surface area contributed by atoms with Gasteiger partial charge in [0.05, 0.1) is 6.54 Å². The molecule has 0 saturated carbocycles. The molecule has 1 saturated heterocycles. The number of aromatic amines is 1. The molecule has 2 aromatic rings. The van der Waals surface area contributed by atoms with Gasteiger partial charge in [-0.15, -0.1) is 0 Å². The molecule has 0 spiro atoms. The Kier molecular flexibility index (Phi) is 3.35. The summed E-state index contributed by atoms with van der Waals surface area (Å²) < 4.78 is 0. The summed E-state index contributed by atoms with van der Waals surface area (Å²) in [7, 11) is 0. The zero-order valence-corrected chi connectivity index (χ0v) is 10.9. The van der Waals surface area contributed by atoms with E-state index in [1.54, 1.807) is 6.20 Å². The first kappa shape index (κ1) is 11.8. The van der Waals surface area contributed by atoms with Crippen molar-refractivity contribution in [2.45, 2.75) is 18.9 Å². The van der Waals surface area contributed by atoms with Gasteiger partial charge in [0.15, 0.2) is 0 Å². The lowest BCUT2D eigenvalue weighted by atomic mass is 9.98. The summed E-state index contributed by atoms with van der Waals surface area (Å²) in [6, 6.07) is 8.17. The molecule has 0 amide bonds. The molecule has 0 aliphatic carbocycles. The molecule has 1 aliphatic heterocycles. The summed E-state index contributed by atoms with van der Waals surface area (Å²) in [5.74, 6) is 1.59. The minimum absolute atomic E-state index is 0.550. The van der Waals surface area contributed by atoms with E-state index >= 15 is 0 Å². The maximum Gasteiger partial charge on any atom is 0.120 e. The van der Waals surface area contributed by atoms with Gasteiger partial charge < -0.3 is 4.98 Å². The number of halogens is 1. The van der Waals surface area contributed by atoms with Crippen LogP contribution in [0.25, 0.3) is 0 Å². The summed E-state index contributed by atoms with van der Waals surface area (Å²) >= 11 is 6.26. The summed E-state index contributed by atoms with van der Waals surface area (Å²) in [6.45, 7) is 3.06. The second-order valence-electron chi connectivity index (χ2n) is 4.78.